The van der Waals surface area contributed by atoms with E-state index >= 15 is 0 Å². The zero-order valence-corrected chi connectivity index (χ0v) is 16.5. The van der Waals surface area contributed by atoms with Gasteiger partial charge in [-0.25, -0.2) is 4.98 Å². The molecule has 0 fully saturated rings. The minimum atomic E-state index is -4.76. The molecule has 1 heterocycles. The topological polar surface area (TPSA) is 129 Å². The van der Waals surface area contributed by atoms with Crippen molar-refractivity contribution in [1.82, 2.24) is 4.98 Å². The predicted molar refractivity (Wildman–Crippen MR) is 109 cm³/mol. The number of amides is 2. The SMILES string of the molecule is NC(=O)c1ccc(Oc2ccc(-c3cc(CCO)cc(C(N)=O)n3)cc2)c(C(F)(F)F)c1. The third-order valence-electron chi connectivity index (χ3n) is 4.49. The molecule has 0 aliphatic heterocycles. The first-order valence-corrected chi connectivity index (χ1v) is 9.29. The molecule has 166 valence electrons. The van der Waals surface area contributed by atoms with Gasteiger partial charge < -0.3 is 21.3 Å². The van der Waals surface area contributed by atoms with Gasteiger partial charge in [-0.1, -0.05) is 0 Å². The molecule has 0 bridgehead atoms. The van der Waals surface area contributed by atoms with Crippen LogP contribution in [0.1, 0.15) is 32.0 Å². The summed E-state index contributed by atoms with van der Waals surface area (Å²) in [4.78, 5) is 26.9. The molecule has 0 unspecified atom stereocenters. The molecule has 7 nitrogen and oxygen atoms in total. The van der Waals surface area contributed by atoms with Gasteiger partial charge in [0.2, 0.25) is 5.91 Å². The number of pyridine rings is 1. The zero-order valence-electron chi connectivity index (χ0n) is 16.5. The molecule has 1 aromatic heterocycles. The summed E-state index contributed by atoms with van der Waals surface area (Å²) < 4.78 is 45.5. The smallest absolute Gasteiger partial charge is 0.420 e. The van der Waals surface area contributed by atoms with Crippen molar-refractivity contribution in [1.29, 1.82) is 0 Å². The highest BCUT2D eigenvalue weighted by atomic mass is 19.4. The number of primary amides is 2. The van der Waals surface area contributed by atoms with Crippen LogP contribution in [0, 0.1) is 0 Å². The fraction of sp³-hybridized carbons (Fsp3) is 0.136. The highest BCUT2D eigenvalue weighted by molar-refractivity contribution is 5.93. The molecule has 0 spiro atoms. The number of aliphatic hydroxyl groups excluding tert-OH is 1. The lowest BCUT2D eigenvalue weighted by atomic mass is 10.1. The van der Waals surface area contributed by atoms with Crippen molar-refractivity contribution in [2.45, 2.75) is 12.6 Å². The Balaban J connectivity index is 1.92. The van der Waals surface area contributed by atoms with Gasteiger partial charge in [0.05, 0.1) is 11.3 Å². The zero-order chi connectivity index (χ0) is 23.5. The highest BCUT2D eigenvalue weighted by Gasteiger charge is 2.35. The third-order valence-corrected chi connectivity index (χ3v) is 4.49. The molecule has 0 aliphatic carbocycles. The Morgan fingerprint density at radius 1 is 0.969 bits per heavy atom. The second-order valence-corrected chi connectivity index (χ2v) is 6.78. The van der Waals surface area contributed by atoms with Crippen LogP contribution in [0.5, 0.6) is 11.5 Å². The quantitative estimate of drug-likeness (QED) is 0.514. The van der Waals surface area contributed by atoms with E-state index in [-0.39, 0.29) is 23.6 Å². The number of ether oxygens (including phenoxy) is 1. The van der Waals surface area contributed by atoms with Crippen molar-refractivity contribution in [3.63, 3.8) is 0 Å². The van der Waals surface area contributed by atoms with E-state index in [9.17, 15) is 22.8 Å². The maximum absolute atomic E-state index is 13.4. The first-order chi connectivity index (χ1) is 15.1. The summed E-state index contributed by atoms with van der Waals surface area (Å²) >= 11 is 0. The van der Waals surface area contributed by atoms with Gasteiger partial charge in [0.25, 0.3) is 5.91 Å². The van der Waals surface area contributed by atoms with Crippen LogP contribution in [0.3, 0.4) is 0 Å². The lowest BCUT2D eigenvalue weighted by Crippen LogP contribution is -2.14. The summed E-state index contributed by atoms with van der Waals surface area (Å²) in [5.41, 5.74) is 10.6. The van der Waals surface area contributed by atoms with Crippen molar-refractivity contribution in [2.75, 3.05) is 6.61 Å². The normalized spacial score (nSPS) is 11.2. The summed E-state index contributed by atoms with van der Waals surface area (Å²) in [7, 11) is 0. The third kappa shape index (κ3) is 5.22. The van der Waals surface area contributed by atoms with Crippen molar-refractivity contribution >= 4 is 11.8 Å². The van der Waals surface area contributed by atoms with Crippen molar-refractivity contribution in [3.8, 4) is 22.8 Å². The predicted octanol–water partition coefficient (Wildman–Crippen LogP) is 3.29. The Morgan fingerprint density at radius 2 is 1.66 bits per heavy atom. The first-order valence-electron chi connectivity index (χ1n) is 9.29. The van der Waals surface area contributed by atoms with Crippen molar-refractivity contribution in [2.24, 2.45) is 11.5 Å². The monoisotopic (exact) mass is 445 g/mol. The van der Waals surface area contributed by atoms with Crippen LogP contribution in [-0.2, 0) is 12.6 Å². The van der Waals surface area contributed by atoms with E-state index in [1.807, 2.05) is 0 Å². The van der Waals surface area contributed by atoms with Crippen LogP contribution < -0.4 is 16.2 Å². The molecule has 0 saturated carbocycles. The molecular weight excluding hydrogens is 427 g/mol. The average Bonchev–Trinajstić information content (AvgIpc) is 2.73. The lowest BCUT2D eigenvalue weighted by molar-refractivity contribution is -0.138. The molecule has 0 aliphatic rings. The number of halogens is 3. The average molecular weight is 445 g/mol. The number of benzene rings is 2. The van der Waals surface area contributed by atoms with Crippen LogP contribution in [-0.4, -0.2) is 28.5 Å². The molecule has 3 rings (SSSR count). The van der Waals surface area contributed by atoms with Gasteiger partial charge in [0.1, 0.15) is 17.2 Å². The molecule has 5 N–H and O–H groups in total. The number of hydrogen-bond donors (Lipinski definition) is 3. The second-order valence-electron chi connectivity index (χ2n) is 6.78. The summed E-state index contributed by atoms with van der Waals surface area (Å²) in [6.45, 7) is -0.134. The van der Waals surface area contributed by atoms with Crippen LogP contribution in [0.25, 0.3) is 11.3 Å². The molecule has 2 amide bonds. The van der Waals surface area contributed by atoms with Gasteiger partial charge in [0.15, 0.2) is 0 Å². The lowest BCUT2D eigenvalue weighted by Gasteiger charge is -2.15. The van der Waals surface area contributed by atoms with E-state index < -0.39 is 29.3 Å². The standard InChI is InChI=1S/C22H18F3N3O4/c23-22(24,25)16-11-14(20(26)30)3-6-19(16)32-15-4-1-13(2-5-15)17-9-12(7-8-29)10-18(28-17)21(27)31/h1-6,9-11,29H,7-8H2,(H2,26,30)(H2,27,31). The minimum absolute atomic E-state index is 0.0237. The van der Waals surface area contributed by atoms with Crippen molar-refractivity contribution in [3.05, 3.63) is 77.0 Å². The number of alkyl halides is 3. The number of nitrogens with zero attached hydrogens (tertiary/aromatic N) is 1. The van der Waals surface area contributed by atoms with Gasteiger partial charge in [-0.05, 0) is 66.6 Å². The van der Waals surface area contributed by atoms with E-state index in [2.05, 4.69) is 4.98 Å². The van der Waals surface area contributed by atoms with Crippen LogP contribution in [0.15, 0.2) is 54.6 Å². The summed E-state index contributed by atoms with van der Waals surface area (Å²) in [6.07, 6.45) is -4.47. The highest BCUT2D eigenvalue weighted by Crippen LogP contribution is 2.39. The fourth-order valence-electron chi connectivity index (χ4n) is 2.95. The molecule has 0 saturated heterocycles. The summed E-state index contributed by atoms with van der Waals surface area (Å²) in [5, 5.41) is 9.16. The molecule has 2 aromatic carbocycles. The number of nitrogens with two attached hydrogens (primary N) is 2. The molecular formula is C22H18F3N3O4. The maximum atomic E-state index is 13.4. The largest absolute Gasteiger partial charge is 0.457 e. The van der Waals surface area contributed by atoms with Gasteiger partial charge >= 0.3 is 6.18 Å². The van der Waals surface area contributed by atoms with Crippen LogP contribution >= 0.6 is 0 Å². The summed E-state index contributed by atoms with van der Waals surface area (Å²) in [5.74, 6) is -2.11. The van der Waals surface area contributed by atoms with E-state index in [1.54, 1.807) is 18.2 Å². The van der Waals surface area contributed by atoms with E-state index in [4.69, 9.17) is 21.3 Å². The van der Waals surface area contributed by atoms with Gasteiger partial charge in [0, 0.05) is 17.7 Å². The molecule has 3 aromatic rings. The molecule has 10 heteroatoms. The van der Waals surface area contributed by atoms with Gasteiger partial charge in [-0.15, -0.1) is 0 Å². The van der Waals surface area contributed by atoms with Gasteiger partial charge in [-0.3, -0.25) is 9.59 Å². The summed E-state index contributed by atoms with van der Waals surface area (Å²) in [6, 6.07) is 11.9. The number of carbonyl (C=O) groups excluding carboxylic acids is 2. The van der Waals surface area contributed by atoms with Crippen molar-refractivity contribution < 1.29 is 32.6 Å². The number of aromatic nitrogens is 1. The Kier molecular flexibility index (Phi) is 6.45. The van der Waals surface area contributed by atoms with E-state index in [0.717, 1.165) is 12.1 Å². The molecule has 0 atom stereocenters. The maximum Gasteiger partial charge on any atom is 0.420 e. The number of rotatable bonds is 7. The Morgan fingerprint density at radius 3 is 2.22 bits per heavy atom. The second kappa shape index (κ2) is 9.06. The molecule has 32 heavy (non-hydrogen) atoms. The fourth-order valence-corrected chi connectivity index (χ4v) is 2.95. The molecule has 0 radical (unpaired) electrons. The Labute approximate surface area is 180 Å². The van der Waals surface area contributed by atoms with E-state index in [0.29, 0.717) is 29.3 Å². The number of carbonyl (C=O) groups is 2. The van der Waals surface area contributed by atoms with Gasteiger partial charge in [-0.2, -0.15) is 13.2 Å². The Bertz CT molecular complexity index is 1160. The Hall–Kier alpha value is -3.92. The number of hydrogen-bond acceptors (Lipinski definition) is 5. The van der Waals surface area contributed by atoms with E-state index in [1.165, 1.54) is 18.2 Å². The van der Waals surface area contributed by atoms with Crippen LogP contribution in [0.4, 0.5) is 13.2 Å². The number of aliphatic hydroxyl groups is 1. The minimum Gasteiger partial charge on any atom is -0.457 e. The first kappa shape index (κ1) is 22.8. The van der Waals surface area contributed by atoms with Crippen LogP contribution in [0.2, 0.25) is 0 Å².